The van der Waals surface area contributed by atoms with Crippen LogP contribution in [0.5, 0.6) is 0 Å². The number of hydrogen-bond acceptors (Lipinski definition) is 2. The van der Waals surface area contributed by atoms with Gasteiger partial charge in [-0.3, -0.25) is 4.79 Å². The van der Waals surface area contributed by atoms with Gasteiger partial charge in [0.2, 0.25) is 5.91 Å². The zero-order valence-corrected chi connectivity index (χ0v) is 11.2. The minimum Gasteiger partial charge on any atom is -0.349 e. The van der Waals surface area contributed by atoms with Crippen LogP contribution in [-0.4, -0.2) is 30.8 Å². The number of carbonyl (C=O) groups excluding carboxylic acids is 1. The average Bonchev–Trinajstić information content (AvgIpc) is 2.38. The van der Waals surface area contributed by atoms with Crippen molar-refractivity contribution >= 4 is 29.3 Å². The van der Waals surface area contributed by atoms with Crippen LogP contribution in [0.4, 0.5) is 4.39 Å². The summed E-state index contributed by atoms with van der Waals surface area (Å²) >= 11 is 7.01. The van der Waals surface area contributed by atoms with Crippen molar-refractivity contribution in [2.75, 3.05) is 18.8 Å². The van der Waals surface area contributed by atoms with Gasteiger partial charge in [0.05, 0.1) is 6.04 Å². The van der Waals surface area contributed by atoms with Gasteiger partial charge < -0.3 is 5.32 Å². The van der Waals surface area contributed by atoms with E-state index in [2.05, 4.69) is 5.32 Å². The standard InChI is InChI=1S/C12H15ClFNOS/c1-17-11-4-2-9(3-5-11)6-10(8-14)15-12(16)7-13/h2-5,10H,6-8H2,1H3,(H,15,16)/t10-/m0/s1. The van der Waals surface area contributed by atoms with Crippen molar-refractivity contribution in [3.63, 3.8) is 0 Å². The van der Waals surface area contributed by atoms with Crippen molar-refractivity contribution in [1.82, 2.24) is 5.32 Å². The van der Waals surface area contributed by atoms with Gasteiger partial charge >= 0.3 is 0 Å². The number of alkyl halides is 2. The molecule has 0 heterocycles. The molecule has 0 unspecified atom stereocenters. The van der Waals surface area contributed by atoms with Crippen molar-refractivity contribution < 1.29 is 9.18 Å². The van der Waals surface area contributed by atoms with Gasteiger partial charge in [-0.05, 0) is 30.4 Å². The maximum absolute atomic E-state index is 12.7. The Hall–Kier alpha value is -0.740. The second-order valence-corrected chi connectivity index (χ2v) is 4.75. The number of amides is 1. The summed E-state index contributed by atoms with van der Waals surface area (Å²) in [6.07, 6.45) is 2.48. The highest BCUT2D eigenvalue weighted by molar-refractivity contribution is 7.98. The highest BCUT2D eigenvalue weighted by Crippen LogP contribution is 2.15. The fraction of sp³-hybridized carbons (Fsp3) is 0.417. The smallest absolute Gasteiger partial charge is 0.235 e. The normalized spacial score (nSPS) is 12.2. The fourth-order valence-electron chi connectivity index (χ4n) is 1.46. The minimum atomic E-state index is -0.590. The van der Waals surface area contributed by atoms with Crippen molar-refractivity contribution in [1.29, 1.82) is 0 Å². The molecule has 0 saturated carbocycles. The molecule has 1 aromatic carbocycles. The zero-order chi connectivity index (χ0) is 12.7. The Labute approximate surface area is 110 Å². The highest BCUT2D eigenvalue weighted by Gasteiger charge is 2.12. The van der Waals surface area contributed by atoms with Crippen LogP contribution in [0.15, 0.2) is 29.2 Å². The first-order chi connectivity index (χ1) is 8.19. The first kappa shape index (κ1) is 14.3. The van der Waals surface area contributed by atoms with Gasteiger partial charge in [-0.25, -0.2) is 4.39 Å². The molecule has 0 fully saturated rings. The summed E-state index contributed by atoms with van der Waals surface area (Å²) in [5.74, 6) is -0.475. The van der Waals surface area contributed by atoms with Crippen LogP contribution in [-0.2, 0) is 11.2 Å². The molecule has 0 aliphatic carbocycles. The molecule has 1 rings (SSSR count). The Kier molecular flexibility index (Phi) is 6.37. The van der Waals surface area contributed by atoms with Crippen LogP contribution in [0, 0.1) is 0 Å². The quantitative estimate of drug-likeness (QED) is 0.639. The number of hydrogen-bond donors (Lipinski definition) is 1. The second-order valence-electron chi connectivity index (χ2n) is 3.60. The van der Waals surface area contributed by atoms with E-state index < -0.39 is 12.7 Å². The van der Waals surface area contributed by atoms with Gasteiger partial charge in [0.25, 0.3) is 0 Å². The number of nitrogens with one attached hydrogen (secondary N) is 1. The van der Waals surface area contributed by atoms with Gasteiger partial charge in [-0.15, -0.1) is 23.4 Å². The minimum absolute atomic E-state index is 0.137. The lowest BCUT2D eigenvalue weighted by Crippen LogP contribution is -2.38. The Bertz CT molecular complexity index is 358. The van der Waals surface area contributed by atoms with E-state index in [4.69, 9.17) is 11.6 Å². The average molecular weight is 276 g/mol. The SMILES string of the molecule is CSc1ccc(C[C@@H](CF)NC(=O)CCl)cc1. The van der Waals surface area contributed by atoms with Crippen LogP contribution in [0.3, 0.4) is 0 Å². The van der Waals surface area contributed by atoms with Gasteiger partial charge in [-0.1, -0.05) is 12.1 Å². The molecule has 0 saturated heterocycles. The molecule has 5 heteroatoms. The van der Waals surface area contributed by atoms with E-state index in [1.165, 1.54) is 0 Å². The molecule has 0 aliphatic heterocycles. The summed E-state index contributed by atoms with van der Waals surface area (Å²) in [6, 6.07) is 7.36. The molecule has 1 atom stereocenters. The second kappa shape index (κ2) is 7.56. The molecule has 0 aliphatic rings. The molecular weight excluding hydrogens is 261 g/mol. The molecule has 2 nitrogen and oxygen atoms in total. The predicted octanol–water partition coefficient (Wildman–Crippen LogP) is 2.64. The van der Waals surface area contributed by atoms with Crippen molar-refractivity contribution in [3.05, 3.63) is 29.8 Å². The molecule has 94 valence electrons. The molecule has 0 radical (unpaired) electrons. The van der Waals surface area contributed by atoms with E-state index in [0.29, 0.717) is 6.42 Å². The van der Waals surface area contributed by atoms with Crippen LogP contribution in [0.1, 0.15) is 5.56 Å². The lowest BCUT2D eigenvalue weighted by atomic mass is 10.1. The Morgan fingerprint density at radius 1 is 1.47 bits per heavy atom. The Morgan fingerprint density at radius 3 is 2.59 bits per heavy atom. The largest absolute Gasteiger partial charge is 0.349 e. The summed E-state index contributed by atoms with van der Waals surface area (Å²) in [7, 11) is 0. The lowest BCUT2D eigenvalue weighted by molar-refractivity contribution is -0.119. The summed E-state index contributed by atoms with van der Waals surface area (Å²) in [6.45, 7) is -0.590. The molecule has 17 heavy (non-hydrogen) atoms. The van der Waals surface area contributed by atoms with E-state index in [1.54, 1.807) is 11.8 Å². The first-order valence-electron chi connectivity index (χ1n) is 5.23. The number of carbonyl (C=O) groups is 1. The molecule has 1 amide bonds. The third-order valence-electron chi connectivity index (χ3n) is 2.31. The van der Waals surface area contributed by atoms with Crippen LogP contribution < -0.4 is 5.32 Å². The molecule has 1 N–H and O–H groups in total. The van der Waals surface area contributed by atoms with Crippen molar-refractivity contribution in [2.45, 2.75) is 17.4 Å². The van der Waals surface area contributed by atoms with Gasteiger partial charge in [0.15, 0.2) is 0 Å². The van der Waals surface area contributed by atoms with E-state index >= 15 is 0 Å². The topological polar surface area (TPSA) is 29.1 Å². The number of rotatable bonds is 6. The van der Waals surface area contributed by atoms with E-state index in [-0.39, 0.29) is 11.8 Å². The zero-order valence-electron chi connectivity index (χ0n) is 9.58. The number of thioether (sulfide) groups is 1. The number of benzene rings is 1. The van der Waals surface area contributed by atoms with Gasteiger partial charge in [-0.2, -0.15) is 0 Å². The fourth-order valence-corrected chi connectivity index (χ4v) is 1.94. The summed E-state index contributed by atoms with van der Waals surface area (Å²) in [5.41, 5.74) is 1.00. The van der Waals surface area contributed by atoms with E-state index in [9.17, 15) is 9.18 Å². The van der Waals surface area contributed by atoms with Crippen LogP contribution in [0.25, 0.3) is 0 Å². The Morgan fingerprint density at radius 2 is 2.12 bits per heavy atom. The predicted molar refractivity (Wildman–Crippen MR) is 70.6 cm³/mol. The Balaban J connectivity index is 2.57. The van der Waals surface area contributed by atoms with Gasteiger partial charge in [0, 0.05) is 4.90 Å². The lowest BCUT2D eigenvalue weighted by Gasteiger charge is -2.14. The molecular formula is C12H15ClFNOS. The maximum atomic E-state index is 12.7. The highest BCUT2D eigenvalue weighted by atomic mass is 35.5. The third-order valence-corrected chi connectivity index (χ3v) is 3.30. The maximum Gasteiger partial charge on any atom is 0.235 e. The van der Waals surface area contributed by atoms with E-state index in [1.807, 2.05) is 30.5 Å². The molecule has 0 bridgehead atoms. The molecule has 1 aromatic rings. The van der Waals surface area contributed by atoms with Crippen molar-refractivity contribution in [2.24, 2.45) is 0 Å². The summed E-state index contributed by atoms with van der Waals surface area (Å²) in [5, 5.41) is 2.54. The van der Waals surface area contributed by atoms with E-state index in [0.717, 1.165) is 10.5 Å². The van der Waals surface area contributed by atoms with Crippen LogP contribution >= 0.6 is 23.4 Å². The van der Waals surface area contributed by atoms with Crippen molar-refractivity contribution in [3.8, 4) is 0 Å². The van der Waals surface area contributed by atoms with Crippen LogP contribution in [0.2, 0.25) is 0 Å². The monoisotopic (exact) mass is 275 g/mol. The first-order valence-corrected chi connectivity index (χ1v) is 6.99. The van der Waals surface area contributed by atoms with Gasteiger partial charge in [0.1, 0.15) is 12.6 Å². The summed E-state index contributed by atoms with van der Waals surface area (Å²) < 4.78 is 12.7. The number of halogens is 2. The molecule has 0 spiro atoms. The summed E-state index contributed by atoms with van der Waals surface area (Å²) in [4.78, 5) is 12.2. The molecule has 0 aromatic heterocycles. The third kappa shape index (κ3) is 4.96.